The Bertz CT molecular complexity index is 1020. The van der Waals surface area contributed by atoms with Crippen LogP contribution >= 0.6 is 0 Å². The van der Waals surface area contributed by atoms with E-state index in [4.69, 9.17) is 11.5 Å². The minimum Gasteiger partial charge on any atom is -0.399 e. The minimum atomic E-state index is 0. The normalized spacial score (nSPS) is 10.2. The maximum Gasteiger partial charge on any atom is 0.0400 e. The molecule has 0 aliphatic heterocycles. The van der Waals surface area contributed by atoms with Gasteiger partial charge in [0.1, 0.15) is 0 Å². The van der Waals surface area contributed by atoms with Crippen molar-refractivity contribution < 1.29 is 0 Å². The summed E-state index contributed by atoms with van der Waals surface area (Å²) in [6.45, 7) is 0. The first-order chi connectivity index (χ1) is 12.7. The molecule has 0 saturated heterocycles. The Balaban J connectivity index is 0.00000210. The molecule has 3 heteroatoms. The topological polar surface area (TPSA) is 87.0 Å². The SMILES string of the molecule is N.Nc1ccc(-c2ccc(N)c(-c3ccccc3)c2-c2ccccc2)cc1. The zero-order valence-corrected chi connectivity index (χ0v) is 15.1. The molecule has 0 radical (unpaired) electrons. The van der Waals surface area contributed by atoms with Gasteiger partial charge in [-0.2, -0.15) is 0 Å². The quantitative estimate of drug-likeness (QED) is 0.394. The van der Waals surface area contributed by atoms with E-state index in [0.29, 0.717) is 0 Å². The van der Waals surface area contributed by atoms with E-state index in [0.717, 1.165) is 44.8 Å². The minimum absolute atomic E-state index is 0. The van der Waals surface area contributed by atoms with E-state index in [2.05, 4.69) is 54.6 Å². The summed E-state index contributed by atoms with van der Waals surface area (Å²) in [4.78, 5) is 0. The van der Waals surface area contributed by atoms with Crippen molar-refractivity contribution in [2.45, 2.75) is 0 Å². The number of anilines is 2. The van der Waals surface area contributed by atoms with Crippen molar-refractivity contribution in [1.29, 1.82) is 0 Å². The van der Waals surface area contributed by atoms with E-state index in [1.807, 2.05) is 42.5 Å². The summed E-state index contributed by atoms with van der Waals surface area (Å²) >= 11 is 0. The Morgan fingerprint density at radius 2 is 0.963 bits per heavy atom. The van der Waals surface area contributed by atoms with E-state index in [1.54, 1.807) is 0 Å². The van der Waals surface area contributed by atoms with Crippen LogP contribution in [0.4, 0.5) is 11.4 Å². The molecule has 0 fully saturated rings. The molecule has 0 saturated carbocycles. The van der Waals surface area contributed by atoms with Crippen molar-refractivity contribution in [3.05, 3.63) is 97.1 Å². The lowest BCUT2D eigenvalue weighted by atomic mass is 9.86. The summed E-state index contributed by atoms with van der Waals surface area (Å²) in [5.41, 5.74) is 20.6. The number of rotatable bonds is 3. The third kappa shape index (κ3) is 3.54. The van der Waals surface area contributed by atoms with Crippen LogP contribution in [0.3, 0.4) is 0 Å². The Morgan fingerprint density at radius 3 is 1.52 bits per heavy atom. The molecular formula is C24H23N3. The number of nitrogen functional groups attached to an aromatic ring is 2. The summed E-state index contributed by atoms with van der Waals surface area (Å²) < 4.78 is 0. The van der Waals surface area contributed by atoms with Gasteiger partial charge in [-0.3, -0.25) is 0 Å². The first-order valence-corrected chi connectivity index (χ1v) is 8.63. The van der Waals surface area contributed by atoms with Crippen molar-refractivity contribution in [2.24, 2.45) is 0 Å². The highest BCUT2D eigenvalue weighted by atomic mass is 14.6. The second kappa shape index (κ2) is 7.77. The van der Waals surface area contributed by atoms with E-state index >= 15 is 0 Å². The van der Waals surface area contributed by atoms with Crippen LogP contribution in [0.2, 0.25) is 0 Å². The molecule has 27 heavy (non-hydrogen) atoms. The number of nitrogens with two attached hydrogens (primary N) is 2. The predicted octanol–water partition coefficient (Wildman–Crippen LogP) is 6.01. The fourth-order valence-corrected chi connectivity index (χ4v) is 3.34. The third-order valence-corrected chi connectivity index (χ3v) is 4.58. The monoisotopic (exact) mass is 353 g/mol. The first kappa shape index (κ1) is 18.2. The molecular weight excluding hydrogens is 330 g/mol. The van der Waals surface area contributed by atoms with Gasteiger partial charge in [0.05, 0.1) is 0 Å². The summed E-state index contributed by atoms with van der Waals surface area (Å²) in [5.74, 6) is 0. The van der Waals surface area contributed by atoms with Gasteiger partial charge < -0.3 is 17.6 Å². The average Bonchev–Trinajstić information content (AvgIpc) is 2.70. The van der Waals surface area contributed by atoms with Gasteiger partial charge in [-0.1, -0.05) is 78.9 Å². The zero-order valence-electron chi connectivity index (χ0n) is 15.1. The van der Waals surface area contributed by atoms with Crippen molar-refractivity contribution in [3.63, 3.8) is 0 Å². The molecule has 4 rings (SSSR count). The fraction of sp³-hybridized carbons (Fsp3) is 0. The smallest absolute Gasteiger partial charge is 0.0400 e. The van der Waals surface area contributed by atoms with Crippen LogP contribution < -0.4 is 17.6 Å². The maximum absolute atomic E-state index is 6.44. The molecule has 134 valence electrons. The van der Waals surface area contributed by atoms with Gasteiger partial charge >= 0.3 is 0 Å². The second-order valence-electron chi connectivity index (χ2n) is 6.31. The molecule has 0 aromatic heterocycles. The highest BCUT2D eigenvalue weighted by Crippen LogP contribution is 2.43. The van der Waals surface area contributed by atoms with Crippen LogP contribution in [0.1, 0.15) is 0 Å². The van der Waals surface area contributed by atoms with Crippen molar-refractivity contribution in [1.82, 2.24) is 6.15 Å². The van der Waals surface area contributed by atoms with E-state index < -0.39 is 0 Å². The molecule has 0 aliphatic rings. The van der Waals surface area contributed by atoms with E-state index in [-0.39, 0.29) is 6.15 Å². The van der Waals surface area contributed by atoms with E-state index in [9.17, 15) is 0 Å². The first-order valence-electron chi connectivity index (χ1n) is 8.63. The lowest BCUT2D eigenvalue weighted by molar-refractivity contribution is 1.55. The van der Waals surface area contributed by atoms with Crippen molar-refractivity contribution >= 4 is 11.4 Å². The lowest BCUT2D eigenvalue weighted by Gasteiger charge is -2.18. The molecule has 0 bridgehead atoms. The summed E-state index contributed by atoms with van der Waals surface area (Å²) in [7, 11) is 0. The Hall–Kier alpha value is -3.56. The average molecular weight is 353 g/mol. The Kier molecular flexibility index (Phi) is 5.25. The molecule has 7 N–H and O–H groups in total. The molecule has 0 spiro atoms. The van der Waals surface area contributed by atoms with Gasteiger partial charge in [0, 0.05) is 16.9 Å². The third-order valence-electron chi connectivity index (χ3n) is 4.58. The van der Waals surface area contributed by atoms with Gasteiger partial charge in [-0.25, -0.2) is 0 Å². The lowest BCUT2D eigenvalue weighted by Crippen LogP contribution is -1.96. The van der Waals surface area contributed by atoms with Gasteiger partial charge in [0.15, 0.2) is 0 Å². The highest BCUT2D eigenvalue weighted by Gasteiger charge is 2.16. The van der Waals surface area contributed by atoms with Gasteiger partial charge in [0.2, 0.25) is 0 Å². The van der Waals surface area contributed by atoms with Gasteiger partial charge in [0.25, 0.3) is 0 Å². The van der Waals surface area contributed by atoms with Crippen LogP contribution in [-0.4, -0.2) is 0 Å². The Morgan fingerprint density at radius 1 is 0.444 bits per heavy atom. The van der Waals surface area contributed by atoms with Crippen LogP contribution in [0.15, 0.2) is 97.1 Å². The maximum atomic E-state index is 6.44. The largest absolute Gasteiger partial charge is 0.399 e. The van der Waals surface area contributed by atoms with E-state index in [1.165, 1.54) is 0 Å². The molecule has 0 heterocycles. The number of benzene rings is 4. The Labute approximate surface area is 159 Å². The fourth-order valence-electron chi connectivity index (χ4n) is 3.34. The van der Waals surface area contributed by atoms with Crippen LogP contribution in [0.5, 0.6) is 0 Å². The molecule has 4 aromatic carbocycles. The predicted molar refractivity (Wildman–Crippen MR) is 117 cm³/mol. The second-order valence-corrected chi connectivity index (χ2v) is 6.31. The standard InChI is InChI=1S/C24H20N2.H3N/c25-20-13-11-17(12-14-20)21-15-16-22(26)24(19-9-5-2-6-10-19)23(21)18-7-3-1-4-8-18;/h1-16H,25-26H2;1H3. The van der Waals surface area contributed by atoms with Crippen molar-refractivity contribution in [2.75, 3.05) is 11.5 Å². The van der Waals surface area contributed by atoms with Crippen molar-refractivity contribution in [3.8, 4) is 33.4 Å². The van der Waals surface area contributed by atoms with Gasteiger partial charge in [-0.05, 0) is 46.0 Å². The van der Waals surface area contributed by atoms with Crippen LogP contribution in [0, 0.1) is 0 Å². The molecule has 0 atom stereocenters. The summed E-state index contributed by atoms with van der Waals surface area (Å²) in [6, 6.07) is 32.8. The summed E-state index contributed by atoms with van der Waals surface area (Å²) in [6.07, 6.45) is 0. The number of hydrogen-bond donors (Lipinski definition) is 3. The zero-order chi connectivity index (χ0) is 17.9. The molecule has 4 aromatic rings. The highest BCUT2D eigenvalue weighted by molar-refractivity contribution is 5.99. The molecule has 3 nitrogen and oxygen atoms in total. The molecule has 0 unspecified atom stereocenters. The molecule has 0 aliphatic carbocycles. The van der Waals surface area contributed by atoms with Crippen LogP contribution in [-0.2, 0) is 0 Å². The van der Waals surface area contributed by atoms with Gasteiger partial charge in [-0.15, -0.1) is 0 Å². The summed E-state index contributed by atoms with van der Waals surface area (Å²) in [5, 5.41) is 0. The number of hydrogen-bond acceptors (Lipinski definition) is 3. The van der Waals surface area contributed by atoms with Crippen LogP contribution in [0.25, 0.3) is 33.4 Å². The molecule has 0 amide bonds.